The number of fused-ring (bicyclic) bond motifs is 1. The van der Waals surface area contributed by atoms with Gasteiger partial charge in [-0.1, -0.05) is 23.9 Å². The van der Waals surface area contributed by atoms with E-state index in [1.807, 2.05) is 0 Å². The molecule has 13 nitrogen and oxygen atoms in total. The topological polar surface area (TPSA) is 179 Å². The zero-order valence-electron chi connectivity index (χ0n) is 21.6. The molecule has 0 bridgehead atoms. The molecule has 2 amide bonds. The first-order valence-electron chi connectivity index (χ1n) is 11.9. The van der Waals surface area contributed by atoms with Crippen LogP contribution < -0.4 is 11.1 Å². The summed E-state index contributed by atoms with van der Waals surface area (Å²) in [6, 6.07) is 4.04. The Morgan fingerprint density at radius 1 is 1.33 bits per heavy atom. The fourth-order valence-corrected chi connectivity index (χ4v) is 6.28. The van der Waals surface area contributed by atoms with E-state index in [0.29, 0.717) is 5.69 Å². The Morgan fingerprint density at radius 2 is 2.12 bits per heavy atom. The van der Waals surface area contributed by atoms with Crippen LogP contribution in [0.5, 0.6) is 0 Å². The number of anilines is 1. The summed E-state index contributed by atoms with van der Waals surface area (Å²) in [5.41, 5.74) is 5.58. The summed E-state index contributed by atoms with van der Waals surface area (Å²) in [5, 5.41) is 6.94. The maximum atomic E-state index is 13.2. The third-order valence-corrected chi connectivity index (χ3v) is 8.17. The molecule has 2 aliphatic heterocycles. The highest BCUT2D eigenvalue weighted by atomic mass is 32.2. The van der Waals surface area contributed by atoms with E-state index in [2.05, 4.69) is 36.1 Å². The van der Waals surface area contributed by atoms with E-state index < -0.39 is 52.8 Å². The number of amides is 2. The van der Waals surface area contributed by atoms with Crippen molar-refractivity contribution in [3.63, 3.8) is 0 Å². The molecule has 4 rings (SSSR count). The summed E-state index contributed by atoms with van der Waals surface area (Å²) in [4.78, 5) is 64.4. The molecule has 226 valence electrons. The van der Waals surface area contributed by atoms with E-state index in [-0.39, 0.29) is 34.6 Å². The Morgan fingerprint density at radius 3 is 2.77 bits per heavy atom. The van der Waals surface area contributed by atoms with Crippen molar-refractivity contribution in [2.45, 2.75) is 17.6 Å². The molecule has 2 aromatic heterocycles. The number of hydrogen-bond donors (Lipinski definition) is 2. The number of thioether (sulfide) groups is 2. The molecule has 0 saturated carbocycles. The maximum Gasteiger partial charge on any atom is 0.491 e. The van der Waals surface area contributed by atoms with Crippen molar-refractivity contribution in [3.8, 4) is 0 Å². The minimum atomic E-state index is -5.44. The van der Waals surface area contributed by atoms with Crippen LogP contribution in [0.2, 0.25) is 0 Å². The van der Waals surface area contributed by atoms with Gasteiger partial charge >= 0.3 is 18.1 Å². The number of esters is 2. The first-order chi connectivity index (χ1) is 20.5. The van der Waals surface area contributed by atoms with Gasteiger partial charge in [-0.25, -0.2) is 9.59 Å². The summed E-state index contributed by atoms with van der Waals surface area (Å²) >= 11 is 3.11. The predicted molar refractivity (Wildman–Crippen MR) is 152 cm³/mol. The highest BCUT2D eigenvalue weighted by Crippen LogP contribution is 2.41. The summed E-state index contributed by atoms with van der Waals surface area (Å²) in [6.07, 6.45) is -0.800. The highest BCUT2D eigenvalue weighted by molar-refractivity contribution is 8.02. The Hall–Kier alpha value is -4.23. The number of β-lactam (4-membered cyclic amide) rings is 1. The largest absolute Gasteiger partial charge is 0.491 e. The lowest BCUT2D eigenvalue weighted by Crippen LogP contribution is -2.71. The van der Waals surface area contributed by atoms with E-state index in [1.165, 1.54) is 17.8 Å². The number of rotatable bonds is 11. The first kappa shape index (κ1) is 31.7. The van der Waals surface area contributed by atoms with Crippen molar-refractivity contribution in [2.24, 2.45) is 5.16 Å². The summed E-state index contributed by atoms with van der Waals surface area (Å²) in [7, 11) is 0. The minimum absolute atomic E-state index is 0.0370. The van der Waals surface area contributed by atoms with Crippen LogP contribution in [0.25, 0.3) is 6.08 Å². The molecular weight excluding hydrogens is 636 g/mol. The van der Waals surface area contributed by atoms with Gasteiger partial charge in [0.2, 0.25) is 11.5 Å². The second-order valence-electron chi connectivity index (χ2n) is 8.34. The van der Waals surface area contributed by atoms with E-state index in [9.17, 15) is 32.3 Å². The smallest absolute Gasteiger partial charge is 0.391 e. The van der Waals surface area contributed by atoms with E-state index >= 15 is 0 Å². The number of pyridine rings is 1. The average Bonchev–Trinajstić information content (AvgIpc) is 3.41. The molecule has 0 aromatic carbocycles. The number of alkyl halides is 3. The Bertz CT molecular complexity index is 1510. The molecule has 4 heterocycles. The van der Waals surface area contributed by atoms with Crippen molar-refractivity contribution in [1.82, 2.24) is 24.6 Å². The van der Waals surface area contributed by atoms with Crippen LogP contribution in [0.15, 0.2) is 58.9 Å². The number of nitrogens with two attached hydrogens (primary N) is 1. The third-order valence-electron chi connectivity index (χ3n) is 5.44. The molecule has 19 heteroatoms. The Kier molecular flexibility index (Phi) is 10.2. The number of nitrogen functional groups attached to an aromatic ring is 1. The van der Waals surface area contributed by atoms with Gasteiger partial charge < -0.3 is 20.6 Å². The Balaban J connectivity index is 1.54. The van der Waals surface area contributed by atoms with Gasteiger partial charge in [-0.3, -0.25) is 19.5 Å². The standard InChI is InChI=1S/C24H20F3N7O6S3/c1-2-8-39-32-14(17-31-23(28)43-33-17)18(35)30-15-19(36)34-16(21(37)40-22(38)24(25,26)27)12(11-42-20(15)34)10-41-9-6-13-5-3-4-7-29-13/h2-7,9,15,20H,1,8,10-11H2,(H,30,35)(H2,28,31,33)/b9-6+,32-14+. The minimum Gasteiger partial charge on any atom is -0.391 e. The number of oxime groups is 1. The number of carbonyl (C=O) groups is 4. The average molecular weight is 656 g/mol. The van der Waals surface area contributed by atoms with Gasteiger partial charge in [0.25, 0.3) is 11.8 Å². The molecule has 0 spiro atoms. The van der Waals surface area contributed by atoms with E-state index in [4.69, 9.17) is 10.6 Å². The number of aromatic nitrogens is 3. The van der Waals surface area contributed by atoms with Crippen LogP contribution in [-0.4, -0.2) is 84.4 Å². The number of halogens is 3. The number of ether oxygens (including phenoxy) is 1. The van der Waals surface area contributed by atoms with Crippen LogP contribution in [-0.2, 0) is 28.8 Å². The van der Waals surface area contributed by atoms with Crippen LogP contribution in [0.1, 0.15) is 11.5 Å². The molecule has 0 aliphatic carbocycles. The van der Waals surface area contributed by atoms with Gasteiger partial charge in [-0.2, -0.15) is 22.5 Å². The quantitative estimate of drug-likeness (QED) is 0.0686. The van der Waals surface area contributed by atoms with Gasteiger partial charge in [0.15, 0.2) is 5.13 Å². The SMILES string of the molecule is C=CCO/N=C(/C(=O)NC1C(=O)N2C(C(=O)OC(=O)C(F)(F)F)=C(CS/C=C/c3ccccn3)CSC12)c1nsc(N)n1. The highest BCUT2D eigenvalue weighted by Gasteiger charge is 2.55. The first-order valence-corrected chi connectivity index (χ1v) is 14.8. The summed E-state index contributed by atoms with van der Waals surface area (Å²) < 4.78 is 46.5. The number of nitrogens with one attached hydrogen (secondary N) is 1. The molecular formula is C24H20F3N7O6S3. The molecule has 2 aromatic rings. The fourth-order valence-electron chi connectivity index (χ4n) is 3.59. The molecule has 3 N–H and O–H groups in total. The van der Waals surface area contributed by atoms with E-state index in [1.54, 1.807) is 35.9 Å². The summed E-state index contributed by atoms with van der Waals surface area (Å²) in [5.74, 6) is -6.14. The molecule has 2 atom stereocenters. The van der Waals surface area contributed by atoms with Gasteiger partial charge in [0.1, 0.15) is 23.7 Å². The monoisotopic (exact) mass is 655 g/mol. The van der Waals surface area contributed by atoms with Gasteiger partial charge in [-0.05, 0) is 29.2 Å². The van der Waals surface area contributed by atoms with E-state index in [0.717, 1.165) is 28.2 Å². The molecule has 43 heavy (non-hydrogen) atoms. The Labute approximate surface area is 253 Å². The van der Waals surface area contributed by atoms with Crippen LogP contribution in [0.4, 0.5) is 18.3 Å². The second-order valence-corrected chi connectivity index (χ2v) is 11.1. The van der Waals surface area contributed by atoms with Gasteiger partial charge in [-0.15, -0.1) is 23.5 Å². The molecule has 2 unspecified atom stereocenters. The third kappa shape index (κ3) is 7.59. The summed E-state index contributed by atoms with van der Waals surface area (Å²) in [6.45, 7) is 3.41. The lowest BCUT2D eigenvalue weighted by molar-refractivity contribution is -0.201. The normalized spacial score (nSPS) is 18.6. The van der Waals surface area contributed by atoms with Crippen LogP contribution >= 0.6 is 35.1 Å². The lowest BCUT2D eigenvalue weighted by atomic mass is 10.0. The lowest BCUT2D eigenvalue weighted by Gasteiger charge is -2.49. The molecule has 1 fully saturated rings. The molecule has 1 saturated heterocycles. The number of carbonyl (C=O) groups excluding carboxylic acids is 4. The second kappa shape index (κ2) is 13.8. The van der Waals surface area contributed by atoms with Crippen molar-refractivity contribution >= 4 is 75.7 Å². The fraction of sp³-hybridized carbons (Fsp3) is 0.250. The van der Waals surface area contributed by atoms with Crippen LogP contribution in [0, 0.1) is 0 Å². The number of nitrogens with zero attached hydrogens (tertiary/aromatic N) is 5. The predicted octanol–water partition coefficient (Wildman–Crippen LogP) is 2.11. The zero-order chi connectivity index (χ0) is 31.1. The van der Waals surface area contributed by atoms with Gasteiger partial charge in [0, 0.05) is 29.2 Å². The van der Waals surface area contributed by atoms with Crippen molar-refractivity contribution in [3.05, 3.63) is 65.2 Å². The molecule has 0 radical (unpaired) electrons. The zero-order valence-corrected chi connectivity index (χ0v) is 24.1. The van der Waals surface area contributed by atoms with Crippen molar-refractivity contribution in [1.29, 1.82) is 0 Å². The maximum absolute atomic E-state index is 13.2. The van der Waals surface area contributed by atoms with Crippen molar-refractivity contribution < 1.29 is 41.9 Å². The number of hydrogen-bond acceptors (Lipinski definition) is 14. The van der Waals surface area contributed by atoms with Crippen LogP contribution in [0.3, 0.4) is 0 Å². The molecule has 2 aliphatic rings. The van der Waals surface area contributed by atoms with Crippen molar-refractivity contribution in [2.75, 3.05) is 23.8 Å². The van der Waals surface area contributed by atoms with Gasteiger partial charge in [0.05, 0.1) is 5.69 Å².